The van der Waals surface area contributed by atoms with Crippen molar-refractivity contribution in [2.45, 2.75) is 37.4 Å². The minimum absolute atomic E-state index is 0.0389. The molecule has 2 amide bonds. The van der Waals surface area contributed by atoms with E-state index in [0.717, 1.165) is 17.8 Å². The van der Waals surface area contributed by atoms with Gasteiger partial charge in [0.1, 0.15) is 17.4 Å². The lowest BCUT2D eigenvalue weighted by molar-refractivity contribution is -0.138. The number of pyridine rings is 1. The van der Waals surface area contributed by atoms with Crippen LogP contribution in [0, 0.1) is 11.7 Å². The van der Waals surface area contributed by atoms with Gasteiger partial charge in [-0.1, -0.05) is 23.7 Å². The highest BCUT2D eigenvalue weighted by molar-refractivity contribution is 6.30. The maximum atomic E-state index is 13.8. The Hall–Kier alpha value is -3.86. The van der Waals surface area contributed by atoms with E-state index in [1.165, 1.54) is 35.2 Å². The summed E-state index contributed by atoms with van der Waals surface area (Å²) in [6, 6.07) is 14.8. The molecule has 2 saturated heterocycles. The zero-order chi connectivity index (χ0) is 30.9. The Morgan fingerprint density at radius 3 is 2.26 bits per heavy atom. The number of carbonyl (C=O) groups is 2. The lowest BCUT2D eigenvalue weighted by atomic mass is 9.82. The molecule has 0 aliphatic carbocycles. The van der Waals surface area contributed by atoms with Crippen LogP contribution < -0.4 is 9.64 Å². The Bertz CT molecular complexity index is 1450. The van der Waals surface area contributed by atoms with E-state index >= 15 is 0 Å². The number of likely N-dealkylation sites (N-methyl/N-ethyl adjacent to an activating group) is 1. The Balaban J connectivity index is 1.29. The molecule has 0 N–H and O–H groups in total. The maximum Gasteiger partial charge on any atom is 0.417 e. The molecule has 3 aromatic rings. The topological polar surface area (TPSA) is 66.0 Å². The number of amides is 2. The van der Waals surface area contributed by atoms with Crippen molar-refractivity contribution in [3.63, 3.8) is 0 Å². The van der Waals surface area contributed by atoms with Crippen LogP contribution in [0.15, 0.2) is 66.9 Å². The first kappa shape index (κ1) is 30.6. The van der Waals surface area contributed by atoms with E-state index in [2.05, 4.69) is 4.98 Å². The summed E-state index contributed by atoms with van der Waals surface area (Å²) in [5.41, 5.74) is -0.738. The SMILES string of the molecule is CN(C(=O)Oc1ccc(F)cc1)C1(C)CN(C(=O)C2CCN(c3ccc(C(F)(F)F)cn3)CC2)CC1c1ccc(Cl)cc1. The molecular weight excluding hydrogens is 588 g/mol. The summed E-state index contributed by atoms with van der Waals surface area (Å²) < 4.78 is 57.6. The number of alkyl halides is 3. The molecule has 228 valence electrons. The quantitative estimate of drug-likeness (QED) is 0.301. The highest BCUT2D eigenvalue weighted by atomic mass is 35.5. The van der Waals surface area contributed by atoms with Crippen LogP contribution in [-0.2, 0) is 11.0 Å². The first-order valence-electron chi connectivity index (χ1n) is 13.9. The molecule has 2 fully saturated rings. The average Bonchev–Trinajstić information content (AvgIpc) is 3.36. The molecule has 5 rings (SSSR count). The number of anilines is 1. The summed E-state index contributed by atoms with van der Waals surface area (Å²) in [6.07, 6.45) is -3.23. The molecule has 0 radical (unpaired) electrons. The number of likely N-dealkylation sites (tertiary alicyclic amines) is 1. The predicted octanol–water partition coefficient (Wildman–Crippen LogP) is 6.62. The largest absolute Gasteiger partial charge is 0.417 e. The number of aromatic nitrogens is 1. The van der Waals surface area contributed by atoms with Crippen LogP contribution in [-0.4, -0.2) is 65.5 Å². The zero-order valence-electron chi connectivity index (χ0n) is 23.7. The van der Waals surface area contributed by atoms with Crippen molar-refractivity contribution in [2.75, 3.05) is 38.1 Å². The van der Waals surface area contributed by atoms with Crippen molar-refractivity contribution in [1.29, 1.82) is 0 Å². The summed E-state index contributed by atoms with van der Waals surface area (Å²) in [7, 11) is 1.62. The number of rotatable bonds is 5. The summed E-state index contributed by atoms with van der Waals surface area (Å²) >= 11 is 6.13. The van der Waals surface area contributed by atoms with Gasteiger partial charge < -0.3 is 19.4 Å². The van der Waals surface area contributed by atoms with Gasteiger partial charge in [0.15, 0.2) is 0 Å². The van der Waals surface area contributed by atoms with Gasteiger partial charge in [0.25, 0.3) is 0 Å². The van der Waals surface area contributed by atoms with Gasteiger partial charge in [0.2, 0.25) is 5.91 Å². The Kier molecular flexibility index (Phi) is 8.56. The smallest absolute Gasteiger partial charge is 0.410 e. The molecular formula is C31H31ClF4N4O3. The lowest BCUT2D eigenvalue weighted by Gasteiger charge is -2.39. The second kappa shape index (κ2) is 12.0. The second-order valence-electron chi connectivity index (χ2n) is 11.2. The van der Waals surface area contributed by atoms with Crippen molar-refractivity contribution in [3.8, 4) is 5.75 Å². The zero-order valence-corrected chi connectivity index (χ0v) is 24.4. The number of piperidine rings is 1. The van der Waals surface area contributed by atoms with Crippen molar-refractivity contribution in [1.82, 2.24) is 14.8 Å². The molecule has 0 spiro atoms. The number of hydrogen-bond donors (Lipinski definition) is 0. The highest BCUT2D eigenvalue weighted by Crippen LogP contribution is 2.41. The van der Waals surface area contributed by atoms with Gasteiger partial charge in [0, 0.05) is 56.3 Å². The number of ether oxygens (including phenoxy) is 1. The number of benzene rings is 2. The standard InChI is InChI=1S/C31H31ClF4N4O3/c1-30(38(2)29(42)43-25-10-8-24(33)9-11-25)19-40(18-26(30)20-3-6-23(32)7-4-20)28(41)21-13-15-39(16-14-21)27-12-5-22(17-37-27)31(34,35)36/h3-12,17,21,26H,13-16,18-19H2,1-2H3. The van der Waals surface area contributed by atoms with E-state index in [1.54, 1.807) is 24.1 Å². The maximum absolute atomic E-state index is 13.8. The molecule has 0 bridgehead atoms. The molecule has 2 unspecified atom stereocenters. The molecule has 7 nitrogen and oxygen atoms in total. The molecule has 2 atom stereocenters. The Labute approximate surface area is 252 Å². The van der Waals surface area contributed by atoms with Crippen LogP contribution in [0.3, 0.4) is 0 Å². The van der Waals surface area contributed by atoms with Gasteiger partial charge in [-0.15, -0.1) is 0 Å². The molecule has 0 saturated carbocycles. The third-order valence-corrected chi connectivity index (χ3v) is 8.80. The third-order valence-electron chi connectivity index (χ3n) is 8.55. The molecule has 12 heteroatoms. The fraction of sp³-hybridized carbons (Fsp3) is 0.387. The monoisotopic (exact) mass is 618 g/mol. The summed E-state index contributed by atoms with van der Waals surface area (Å²) in [4.78, 5) is 36.2. The fourth-order valence-corrected chi connectivity index (χ4v) is 6.01. The van der Waals surface area contributed by atoms with Crippen molar-refractivity contribution < 1.29 is 31.9 Å². The minimum atomic E-state index is -4.45. The van der Waals surface area contributed by atoms with Crippen LogP contribution >= 0.6 is 11.6 Å². The Morgan fingerprint density at radius 1 is 1.02 bits per heavy atom. The number of halogens is 5. The van der Waals surface area contributed by atoms with Gasteiger partial charge in [-0.2, -0.15) is 13.2 Å². The fourth-order valence-electron chi connectivity index (χ4n) is 5.88. The summed E-state index contributed by atoms with van der Waals surface area (Å²) in [5, 5.41) is 0.565. The molecule has 2 aromatic carbocycles. The first-order chi connectivity index (χ1) is 20.3. The molecule has 1 aromatic heterocycles. The van der Waals surface area contributed by atoms with Gasteiger partial charge in [0.05, 0.1) is 11.1 Å². The van der Waals surface area contributed by atoms with E-state index in [0.29, 0.717) is 43.3 Å². The molecule has 43 heavy (non-hydrogen) atoms. The summed E-state index contributed by atoms with van der Waals surface area (Å²) in [5.74, 6) is -0.384. The predicted molar refractivity (Wildman–Crippen MR) is 154 cm³/mol. The van der Waals surface area contributed by atoms with Gasteiger partial charge in [-0.05, 0) is 73.9 Å². The van der Waals surface area contributed by atoms with E-state index in [1.807, 2.05) is 24.0 Å². The van der Waals surface area contributed by atoms with E-state index in [4.69, 9.17) is 16.3 Å². The molecule has 2 aliphatic heterocycles. The lowest BCUT2D eigenvalue weighted by Crippen LogP contribution is -2.53. The van der Waals surface area contributed by atoms with Crippen molar-refractivity contribution in [3.05, 3.63) is 88.8 Å². The van der Waals surface area contributed by atoms with Gasteiger partial charge in [-0.25, -0.2) is 14.2 Å². The third kappa shape index (κ3) is 6.56. The van der Waals surface area contributed by atoms with Crippen LogP contribution in [0.2, 0.25) is 5.02 Å². The molecule has 2 aliphatic rings. The summed E-state index contributed by atoms with van der Waals surface area (Å²) in [6.45, 7) is 3.49. The first-order valence-corrected chi connectivity index (χ1v) is 14.3. The highest BCUT2D eigenvalue weighted by Gasteiger charge is 2.51. The van der Waals surface area contributed by atoms with Crippen LogP contribution in [0.5, 0.6) is 5.75 Å². The van der Waals surface area contributed by atoms with Crippen LogP contribution in [0.25, 0.3) is 0 Å². The van der Waals surface area contributed by atoms with Crippen molar-refractivity contribution >= 4 is 29.4 Å². The number of nitrogens with zero attached hydrogens (tertiary/aromatic N) is 4. The van der Waals surface area contributed by atoms with Gasteiger partial charge >= 0.3 is 12.3 Å². The van der Waals surface area contributed by atoms with Gasteiger partial charge in [-0.3, -0.25) is 4.79 Å². The van der Waals surface area contributed by atoms with Crippen molar-refractivity contribution in [2.24, 2.45) is 5.92 Å². The van der Waals surface area contributed by atoms with E-state index in [9.17, 15) is 27.2 Å². The van der Waals surface area contributed by atoms with E-state index in [-0.39, 0.29) is 30.0 Å². The molecule has 3 heterocycles. The Morgan fingerprint density at radius 2 is 1.67 bits per heavy atom. The van der Waals surface area contributed by atoms with E-state index < -0.39 is 29.2 Å². The number of hydrogen-bond acceptors (Lipinski definition) is 5. The van der Waals surface area contributed by atoms with Crippen LogP contribution in [0.1, 0.15) is 36.8 Å². The average molecular weight is 619 g/mol. The van der Waals surface area contributed by atoms with Crippen LogP contribution in [0.4, 0.5) is 28.2 Å². The normalized spacial score (nSPS) is 21.1. The second-order valence-corrected chi connectivity index (χ2v) is 11.7. The minimum Gasteiger partial charge on any atom is -0.410 e. The number of carbonyl (C=O) groups excluding carboxylic acids is 2.